The van der Waals surface area contributed by atoms with Crippen molar-refractivity contribution in [2.24, 2.45) is 11.3 Å². The first-order valence-electron chi connectivity index (χ1n) is 16.1. The van der Waals surface area contributed by atoms with E-state index in [4.69, 9.17) is 4.79 Å². The predicted molar refractivity (Wildman–Crippen MR) is 166 cm³/mol. The minimum absolute atomic E-state index is 0.0427. The molecule has 3 rings (SSSR count). The van der Waals surface area contributed by atoms with E-state index in [2.05, 4.69) is 38.6 Å². The number of methoxy groups -OCH3 is 1. The van der Waals surface area contributed by atoms with E-state index in [1.165, 1.54) is 13.5 Å². The monoisotopic (exact) mass is 593 g/mol. The Bertz CT molecular complexity index is 870. The van der Waals surface area contributed by atoms with Crippen LogP contribution in [0.2, 0.25) is 0 Å². The molecule has 0 aromatic rings. The maximum Gasteiger partial charge on any atom is 0.292 e. The van der Waals surface area contributed by atoms with Crippen LogP contribution in [-0.2, 0) is 23.9 Å². The van der Waals surface area contributed by atoms with Crippen LogP contribution >= 0.6 is 0 Å². The molecule has 0 aromatic carbocycles. The first-order chi connectivity index (χ1) is 19.8. The highest BCUT2D eigenvalue weighted by atomic mass is 16.5. The highest BCUT2D eigenvalue weighted by molar-refractivity contribution is 5.90. The van der Waals surface area contributed by atoms with Gasteiger partial charge in [-0.05, 0) is 76.4 Å². The van der Waals surface area contributed by atoms with Crippen molar-refractivity contribution in [3.05, 3.63) is 0 Å². The summed E-state index contributed by atoms with van der Waals surface area (Å²) in [5, 5.41) is 3.16. The van der Waals surface area contributed by atoms with Crippen LogP contribution in [0.15, 0.2) is 0 Å². The first-order valence-corrected chi connectivity index (χ1v) is 16.1. The zero-order valence-corrected chi connectivity index (χ0v) is 27.7. The third-order valence-corrected chi connectivity index (χ3v) is 9.17. The zero-order chi connectivity index (χ0) is 31.4. The number of hydrogen-bond acceptors (Lipinski definition) is 7. The zero-order valence-electron chi connectivity index (χ0n) is 27.7. The number of carbonyl (C=O) groups is 4. The largest absolute Gasteiger partial charge is 0.471 e. The molecule has 1 N–H and O–H groups in total. The third kappa shape index (κ3) is 10.2. The number of hydrogen-bond donors (Lipinski definition) is 1. The smallest absolute Gasteiger partial charge is 0.292 e. The van der Waals surface area contributed by atoms with Gasteiger partial charge in [-0.25, -0.2) is 0 Å². The Labute approximate surface area is 254 Å². The van der Waals surface area contributed by atoms with Crippen LogP contribution in [0.5, 0.6) is 0 Å². The maximum absolute atomic E-state index is 14.0. The van der Waals surface area contributed by atoms with Crippen LogP contribution in [0.25, 0.3) is 0 Å². The summed E-state index contributed by atoms with van der Waals surface area (Å²) in [6, 6.07) is -0.922. The number of amides is 3. The van der Waals surface area contributed by atoms with Crippen molar-refractivity contribution in [1.82, 2.24) is 24.9 Å². The molecule has 42 heavy (non-hydrogen) atoms. The molecular formula is C32H59N5O5. The van der Waals surface area contributed by atoms with E-state index in [-0.39, 0.29) is 41.8 Å². The van der Waals surface area contributed by atoms with Crippen molar-refractivity contribution in [2.75, 3.05) is 53.9 Å². The van der Waals surface area contributed by atoms with Crippen LogP contribution < -0.4 is 5.32 Å². The minimum atomic E-state index is -0.608. The van der Waals surface area contributed by atoms with Gasteiger partial charge < -0.3 is 19.9 Å². The van der Waals surface area contributed by atoms with Crippen molar-refractivity contribution < 1.29 is 23.9 Å². The van der Waals surface area contributed by atoms with E-state index < -0.39 is 11.5 Å². The quantitative estimate of drug-likeness (QED) is 0.410. The summed E-state index contributed by atoms with van der Waals surface area (Å²) in [6.45, 7) is 15.0. The van der Waals surface area contributed by atoms with Crippen molar-refractivity contribution in [2.45, 2.75) is 117 Å². The molecule has 0 bridgehead atoms. The molecule has 3 aliphatic heterocycles. The van der Waals surface area contributed by atoms with Crippen molar-refractivity contribution in [1.29, 1.82) is 0 Å². The van der Waals surface area contributed by atoms with Gasteiger partial charge in [0, 0.05) is 32.7 Å². The van der Waals surface area contributed by atoms with Crippen LogP contribution in [0.3, 0.4) is 0 Å². The Balaban J connectivity index is 0.00000144. The Morgan fingerprint density at radius 2 is 1.48 bits per heavy atom. The van der Waals surface area contributed by atoms with Gasteiger partial charge in [-0.1, -0.05) is 47.5 Å². The highest BCUT2D eigenvalue weighted by Crippen LogP contribution is 2.27. The second-order valence-corrected chi connectivity index (χ2v) is 13.8. The summed E-state index contributed by atoms with van der Waals surface area (Å²) in [5.41, 5.74) is -0.423. The number of rotatable bonds is 9. The Morgan fingerprint density at radius 3 is 2.00 bits per heavy atom. The maximum atomic E-state index is 14.0. The lowest BCUT2D eigenvalue weighted by molar-refractivity contribution is -0.144. The number of nitrogens with zero attached hydrogens (tertiary/aromatic N) is 4. The van der Waals surface area contributed by atoms with Gasteiger partial charge >= 0.3 is 0 Å². The van der Waals surface area contributed by atoms with Crippen molar-refractivity contribution in [3.8, 4) is 0 Å². The average Bonchev–Trinajstić information content (AvgIpc) is 2.97. The van der Waals surface area contributed by atoms with E-state index >= 15 is 0 Å². The Kier molecular flexibility index (Phi) is 14.7. The molecule has 0 saturated carbocycles. The van der Waals surface area contributed by atoms with Gasteiger partial charge in [-0.3, -0.25) is 29.0 Å². The summed E-state index contributed by atoms with van der Waals surface area (Å²) >= 11 is 0. The summed E-state index contributed by atoms with van der Waals surface area (Å²) in [6.07, 6.45) is 9.45. The molecule has 0 unspecified atom stereocenters. The van der Waals surface area contributed by atoms with Gasteiger partial charge in [0.1, 0.15) is 6.04 Å². The molecule has 0 aromatic heterocycles. The molecule has 3 heterocycles. The fraction of sp³-hybridized carbons (Fsp3) is 0.875. The lowest BCUT2D eigenvalue weighted by Gasteiger charge is -2.44. The fourth-order valence-corrected chi connectivity index (χ4v) is 6.50. The van der Waals surface area contributed by atoms with Crippen molar-refractivity contribution >= 4 is 24.2 Å². The number of nitrogens with one attached hydrogen (secondary N) is 1. The third-order valence-electron chi connectivity index (χ3n) is 9.17. The van der Waals surface area contributed by atoms with Gasteiger partial charge in [0.05, 0.1) is 19.2 Å². The van der Waals surface area contributed by atoms with E-state index in [1.807, 2.05) is 39.8 Å². The molecular weight excluding hydrogens is 534 g/mol. The SMILES string of the molecule is CC(C)[C@@H](CN1CCCC[C@H]1C(=O)N1CCCCC1)N(C)C(=O)[C@@H](NC(=O)[C@H]1CCCCN1C)C(C)(C)C.COC=O. The summed E-state index contributed by atoms with van der Waals surface area (Å²) in [7, 11) is 5.20. The van der Waals surface area contributed by atoms with E-state index in [0.717, 1.165) is 77.5 Å². The van der Waals surface area contributed by atoms with Gasteiger partial charge in [0.2, 0.25) is 17.7 Å². The topological polar surface area (TPSA) is 102 Å². The van der Waals surface area contributed by atoms with E-state index in [9.17, 15) is 14.4 Å². The van der Waals surface area contributed by atoms with Gasteiger partial charge in [0.25, 0.3) is 6.47 Å². The normalized spacial score (nSPS) is 23.7. The molecule has 0 spiro atoms. The standard InChI is InChI=1S/C30H55N5O3.C2H4O2/c1-22(2)25(21-35-20-14-10-16-24(35)28(37)34-18-11-8-12-19-34)33(7)29(38)26(30(3,4)5)31-27(36)23-15-9-13-17-32(23)6;1-4-2-3/h22-26H,8-21H2,1-7H3,(H,31,36);2H,1H3/t23-,24+,25-,26-;/m1./s1. The van der Waals surface area contributed by atoms with Gasteiger partial charge in [-0.2, -0.15) is 0 Å². The molecule has 3 fully saturated rings. The second-order valence-electron chi connectivity index (χ2n) is 13.8. The molecule has 3 aliphatic rings. The van der Waals surface area contributed by atoms with Crippen LogP contribution in [0, 0.1) is 11.3 Å². The molecule has 3 saturated heterocycles. The van der Waals surface area contributed by atoms with Crippen LogP contribution in [-0.4, -0.2) is 122 Å². The van der Waals surface area contributed by atoms with Crippen LogP contribution in [0.1, 0.15) is 92.4 Å². The summed E-state index contributed by atoms with van der Waals surface area (Å²) in [5.74, 6) is 0.409. The minimum Gasteiger partial charge on any atom is -0.471 e. The molecule has 10 nitrogen and oxygen atoms in total. The molecule has 242 valence electrons. The number of ether oxygens (including phenoxy) is 1. The highest BCUT2D eigenvalue weighted by Gasteiger charge is 2.41. The summed E-state index contributed by atoms with van der Waals surface area (Å²) < 4.78 is 3.86. The number of likely N-dealkylation sites (tertiary alicyclic amines) is 3. The molecule has 3 amide bonds. The van der Waals surface area contributed by atoms with Crippen molar-refractivity contribution in [3.63, 3.8) is 0 Å². The predicted octanol–water partition coefficient (Wildman–Crippen LogP) is 3.14. The second kappa shape index (κ2) is 17.2. The molecule has 4 atom stereocenters. The first kappa shape index (κ1) is 36.0. The van der Waals surface area contributed by atoms with Gasteiger partial charge in [-0.15, -0.1) is 0 Å². The lowest BCUT2D eigenvalue weighted by Crippen LogP contribution is -2.61. The van der Waals surface area contributed by atoms with E-state index in [0.29, 0.717) is 13.0 Å². The Morgan fingerprint density at radius 1 is 0.929 bits per heavy atom. The Hall–Kier alpha value is -2.20. The van der Waals surface area contributed by atoms with Crippen LogP contribution in [0.4, 0.5) is 0 Å². The van der Waals surface area contributed by atoms with Gasteiger partial charge in [0.15, 0.2) is 0 Å². The molecule has 0 radical (unpaired) electrons. The number of piperidine rings is 3. The lowest BCUT2D eigenvalue weighted by atomic mass is 9.84. The number of carbonyl (C=O) groups excluding carboxylic acids is 4. The number of likely N-dealkylation sites (N-methyl/N-ethyl adjacent to an activating group) is 2. The summed E-state index contributed by atoms with van der Waals surface area (Å²) in [4.78, 5) is 58.2. The molecule has 10 heteroatoms. The molecule has 0 aliphatic carbocycles. The fourth-order valence-electron chi connectivity index (χ4n) is 6.50. The van der Waals surface area contributed by atoms with E-state index in [1.54, 1.807) is 0 Å². The average molecular weight is 594 g/mol.